The molecular weight excluding hydrogens is 342 g/mol. The Balaban J connectivity index is 0.00000312. The number of H-pyrrole nitrogens is 1. The van der Waals surface area contributed by atoms with Crippen LogP contribution in [0.2, 0.25) is 0 Å². The molecule has 2 atom stereocenters. The van der Waals surface area contributed by atoms with Gasteiger partial charge >= 0.3 is 0 Å². The number of methoxy groups -OCH3 is 2. The SMILES string of the molecule is COc1cc(OC)c2cc(CCCNC(=O)C(C)C(C)N)[nH]c2c1.Cl. The van der Waals surface area contributed by atoms with Gasteiger partial charge in [-0.15, -0.1) is 12.4 Å². The van der Waals surface area contributed by atoms with Crippen molar-refractivity contribution in [1.82, 2.24) is 10.3 Å². The van der Waals surface area contributed by atoms with Gasteiger partial charge in [0.2, 0.25) is 5.91 Å². The van der Waals surface area contributed by atoms with E-state index >= 15 is 0 Å². The highest BCUT2D eigenvalue weighted by Gasteiger charge is 2.16. The van der Waals surface area contributed by atoms with E-state index < -0.39 is 0 Å². The maximum Gasteiger partial charge on any atom is 0.224 e. The number of benzene rings is 1. The summed E-state index contributed by atoms with van der Waals surface area (Å²) in [5.74, 6) is 1.37. The van der Waals surface area contributed by atoms with Gasteiger partial charge in [0.1, 0.15) is 11.5 Å². The molecule has 0 aliphatic carbocycles. The zero-order chi connectivity index (χ0) is 17.7. The van der Waals surface area contributed by atoms with Crippen LogP contribution in [-0.2, 0) is 11.2 Å². The van der Waals surface area contributed by atoms with E-state index in [9.17, 15) is 4.79 Å². The molecule has 6 nitrogen and oxygen atoms in total. The molecule has 2 unspecified atom stereocenters. The van der Waals surface area contributed by atoms with Crippen molar-refractivity contribution in [2.24, 2.45) is 11.7 Å². The summed E-state index contributed by atoms with van der Waals surface area (Å²) in [5, 5.41) is 3.96. The van der Waals surface area contributed by atoms with E-state index in [1.54, 1.807) is 14.2 Å². The number of hydrogen-bond acceptors (Lipinski definition) is 4. The summed E-state index contributed by atoms with van der Waals surface area (Å²) in [7, 11) is 3.28. The smallest absolute Gasteiger partial charge is 0.224 e. The fraction of sp³-hybridized carbons (Fsp3) is 0.500. The van der Waals surface area contributed by atoms with Crippen LogP contribution in [0.15, 0.2) is 18.2 Å². The summed E-state index contributed by atoms with van der Waals surface area (Å²) in [6, 6.07) is 5.77. The number of aryl methyl sites for hydroxylation is 1. The lowest BCUT2D eigenvalue weighted by atomic mass is 10.0. The Kier molecular flexibility index (Phi) is 8.06. The molecule has 0 aliphatic rings. The number of hydrogen-bond donors (Lipinski definition) is 3. The molecular formula is C18H28ClN3O3. The highest BCUT2D eigenvalue weighted by molar-refractivity contribution is 5.88. The minimum absolute atomic E-state index is 0. The van der Waals surface area contributed by atoms with Gasteiger partial charge in [-0.25, -0.2) is 0 Å². The van der Waals surface area contributed by atoms with Crippen LogP contribution in [0.1, 0.15) is 26.0 Å². The van der Waals surface area contributed by atoms with Crippen LogP contribution in [0.25, 0.3) is 10.9 Å². The highest BCUT2D eigenvalue weighted by Crippen LogP contribution is 2.31. The second-order valence-electron chi connectivity index (χ2n) is 6.13. The number of rotatable bonds is 8. The summed E-state index contributed by atoms with van der Waals surface area (Å²) in [4.78, 5) is 15.2. The zero-order valence-electron chi connectivity index (χ0n) is 15.2. The lowest BCUT2D eigenvalue weighted by molar-refractivity contribution is -0.124. The largest absolute Gasteiger partial charge is 0.497 e. The van der Waals surface area contributed by atoms with Crippen LogP contribution in [0.4, 0.5) is 0 Å². The number of amides is 1. The zero-order valence-corrected chi connectivity index (χ0v) is 16.0. The number of aromatic amines is 1. The topological polar surface area (TPSA) is 89.4 Å². The van der Waals surface area contributed by atoms with Crippen molar-refractivity contribution in [1.29, 1.82) is 0 Å². The molecule has 0 radical (unpaired) electrons. The van der Waals surface area contributed by atoms with Gasteiger partial charge in [0.05, 0.1) is 19.7 Å². The lowest BCUT2D eigenvalue weighted by Crippen LogP contribution is -2.39. The predicted octanol–water partition coefficient (Wildman–Crippen LogP) is 2.64. The fourth-order valence-electron chi connectivity index (χ4n) is 2.55. The monoisotopic (exact) mass is 369 g/mol. The van der Waals surface area contributed by atoms with Crippen LogP contribution in [0, 0.1) is 5.92 Å². The van der Waals surface area contributed by atoms with Crippen LogP contribution in [0.3, 0.4) is 0 Å². The molecule has 0 fully saturated rings. The number of nitrogens with one attached hydrogen (secondary N) is 2. The van der Waals surface area contributed by atoms with E-state index in [-0.39, 0.29) is 30.3 Å². The van der Waals surface area contributed by atoms with E-state index in [1.165, 1.54) is 0 Å². The Hall–Kier alpha value is -1.92. The number of aromatic nitrogens is 1. The number of ether oxygens (including phenoxy) is 2. The molecule has 0 aliphatic heterocycles. The maximum absolute atomic E-state index is 11.9. The number of halogens is 1. The summed E-state index contributed by atoms with van der Waals surface area (Å²) in [6.07, 6.45) is 1.69. The van der Waals surface area contributed by atoms with Crippen LogP contribution in [0.5, 0.6) is 11.5 Å². The predicted molar refractivity (Wildman–Crippen MR) is 103 cm³/mol. The molecule has 140 valence electrons. The summed E-state index contributed by atoms with van der Waals surface area (Å²) >= 11 is 0. The molecule has 25 heavy (non-hydrogen) atoms. The molecule has 0 saturated carbocycles. The third-order valence-electron chi connectivity index (χ3n) is 4.31. The van der Waals surface area contributed by atoms with Crippen molar-refractivity contribution in [2.75, 3.05) is 20.8 Å². The minimum atomic E-state index is -0.171. The van der Waals surface area contributed by atoms with Crippen molar-refractivity contribution in [3.05, 3.63) is 23.9 Å². The first-order valence-corrected chi connectivity index (χ1v) is 8.23. The molecule has 1 aromatic heterocycles. The summed E-state index contributed by atoms with van der Waals surface area (Å²) in [5.41, 5.74) is 7.82. The number of carbonyl (C=O) groups excluding carboxylic acids is 1. The van der Waals surface area contributed by atoms with Crippen molar-refractivity contribution in [3.63, 3.8) is 0 Å². The molecule has 0 spiro atoms. The van der Waals surface area contributed by atoms with Gasteiger partial charge in [-0.2, -0.15) is 0 Å². The first kappa shape index (κ1) is 21.1. The Morgan fingerprint density at radius 1 is 1.24 bits per heavy atom. The minimum Gasteiger partial charge on any atom is -0.497 e. The molecule has 2 rings (SSSR count). The number of carbonyl (C=O) groups is 1. The third kappa shape index (κ3) is 5.28. The van der Waals surface area contributed by atoms with E-state index in [0.717, 1.165) is 40.9 Å². The molecule has 7 heteroatoms. The molecule has 1 heterocycles. The van der Waals surface area contributed by atoms with Gasteiger partial charge in [0, 0.05) is 41.7 Å². The fourth-order valence-corrected chi connectivity index (χ4v) is 2.55. The van der Waals surface area contributed by atoms with Crippen molar-refractivity contribution in [2.45, 2.75) is 32.7 Å². The van der Waals surface area contributed by atoms with Gasteiger partial charge in [0.15, 0.2) is 0 Å². The summed E-state index contributed by atoms with van der Waals surface area (Å²) in [6.45, 7) is 4.32. The number of fused-ring (bicyclic) bond motifs is 1. The van der Waals surface area contributed by atoms with Gasteiger partial charge < -0.3 is 25.5 Å². The van der Waals surface area contributed by atoms with E-state index in [2.05, 4.69) is 16.4 Å². The second-order valence-corrected chi connectivity index (χ2v) is 6.13. The van der Waals surface area contributed by atoms with Gasteiger partial charge in [-0.3, -0.25) is 4.79 Å². The molecule has 1 aromatic carbocycles. The van der Waals surface area contributed by atoms with Crippen LogP contribution >= 0.6 is 12.4 Å². The van der Waals surface area contributed by atoms with E-state index in [0.29, 0.717) is 6.54 Å². The Morgan fingerprint density at radius 2 is 1.96 bits per heavy atom. The van der Waals surface area contributed by atoms with Crippen molar-refractivity contribution >= 4 is 29.2 Å². The standard InChI is InChI=1S/C18H27N3O3.ClH/c1-11(12(2)19)18(22)20-7-5-6-13-8-15-16(21-13)9-14(23-3)10-17(15)24-4;/h8-12,21H,5-7,19H2,1-4H3,(H,20,22);1H. The molecule has 1 amide bonds. The van der Waals surface area contributed by atoms with Gasteiger partial charge in [-0.1, -0.05) is 6.92 Å². The maximum atomic E-state index is 11.9. The van der Waals surface area contributed by atoms with Crippen molar-refractivity contribution in [3.8, 4) is 11.5 Å². The first-order valence-electron chi connectivity index (χ1n) is 8.23. The molecule has 2 aromatic rings. The average Bonchev–Trinajstić information content (AvgIpc) is 2.99. The van der Waals surface area contributed by atoms with E-state index in [4.69, 9.17) is 15.2 Å². The lowest BCUT2D eigenvalue weighted by Gasteiger charge is -2.15. The Bertz CT molecular complexity index is 700. The highest BCUT2D eigenvalue weighted by atomic mass is 35.5. The molecule has 4 N–H and O–H groups in total. The third-order valence-corrected chi connectivity index (χ3v) is 4.31. The average molecular weight is 370 g/mol. The molecule has 0 saturated heterocycles. The van der Waals surface area contributed by atoms with Crippen molar-refractivity contribution < 1.29 is 14.3 Å². The quantitative estimate of drug-likeness (QED) is 0.624. The van der Waals surface area contributed by atoms with Gasteiger partial charge in [0.25, 0.3) is 0 Å². The molecule has 0 bridgehead atoms. The number of nitrogens with two attached hydrogens (primary N) is 1. The van der Waals surface area contributed by atoms with E-state index in [1.807, 2.05) is 26.0 Å². The second kappa shape index (κ2) is 9.53. The summed E-state index contributed by atoms with van der Waals surface area (Å²) < 4.78 is 10.7. The van der Waals surface area contributed by atoms with Crippen LogP contribution < -0.4 is 20.5 Å². The normalized spacial score (nSPS) is 13.0. The Morgan fingerprint density at radius 3 is 2.56 bits per heavy atom. The first-order chi connectivity index (χ1) is 11.5. The Labute approximate surface area is 154 Å². The van der Waals surface area contributed by atoms with Crippen LogP contribution in [-0.4, -0.2) is 37.7 Å². The van der Waals surface area contributed by atoms with Gasteiger partial charge in [-0.05, 0) is 25.8 Å².